The van der Waals surface area contributed by atoms with Crippen LogP contribution in [0.2, 0.25) is 0 Å². The number of amides is 1. The molecule has 4 N–H and O–H groups in total. The van der Waals surface area contributed by atoms with Crippen LogP contribution in [0.25, 0.3) is 0 Å². The van der Waals surface area contributed by atoms with Crippen LogP contribution < -0.4 is 11.3 Å². The molecule has 1 saturated carbocycles. The van der Waals surface area contributed by atoms with Crippen molar-refractivity contribution in [1.82, 2.24) is 10.3 Å². The second-order valence-corrected chi connectivity index (χ2v) is 4.91. The van der Waals surface area contributed by atoms with Crippen LogP contribution in [0.5, 0.6) is 0 Å². The molecule has 1 aliphatic carbocycles. The van der Waals surface area contributed by atoms with Gasteiger partial charge in [0.15, 0.2) is 0 Å². The Morgan fingerprint density at radius 2 is 2.37 bits per heavy atom. The number of aliphatic hydroxyl groups excluding tert-OH is 1. The van der Waals surface area contributed by atoms with Crippen molar-refractivity contribution in [3.05, 3.63) is 23.7 Å². The monoisotopic (exact) mass is 267 g/mol. The van der Waals surface area contributed by atoms with Crippen LogP contribution in [0.4, 0.5) is 0 Å². The summed E-state index contributed by atoms with van der Waals surface area (Å²) in [6.45, 7) is 1.71. The maximum absolute atomic E-state index is 11.3. The number of hydrazine groups is 1. The number of nitrogens with zero attached hydrogens (tertiary/aromatic N) is 1. The van der Waals surface area contributed by atoms with Crippen molar-refractivity contribution in [3.8, 4) is 0 Å². The Bertz CT molecular complexity index is 415. The Morgan fingerprint density at radius 3 is 2.95 bits per heavy atom. The van der Waals surface area contributed by atoms with E-state index in [2.05, 4.69) is 10.3 Å². The van der Waals surface area contributed by atoms with Gasteiger partial charge >= 0.3 is 0 Å². The zero-order valence-electron chi connectivity index (χ0n) is 11.0. The van der Waals surface area contributed by atoms with Crippen LogP contribution in [-0.2, 0) is 6.54 Å². The molecule has 0 radical (unpaired) electrons. The molecular weight excluding hydrogens is 246 g/mol. The van der Waals surface area contributed by atoms with Gasteiger partial charge in [-0.3, -0.25) is 15.1 Å². The third-order valence-corrected chi connectivity index (χ3v) is 3.60. The molecule has 106 valence electrons. The Morgan fingerprint density at radius 1 is 1.58 bits per heavy atom. The number of carbonyl (C=O) groups excluding carboxylic acids is 1. The van der Waals surface area contributed by atoms with Gasteiger partial charge in [-0.05, 0) is 25.3 Å². The molecular formula is C13H21N3O3. The van der Waals surface area contributed by atoms with Crippen molar-refractivity contribution in [2.75, 3.05) is 13.2 Å². The number of hydrogen-bond acceptors (Lipinski definition) is 5. The molecule has 19 heavy (non-hydrogen) atoms. The van der Waals surface area contributed by atoms with E-state index in [0.29, 0.717) is 18.2 Å². The van der Waals surface area contributed by atoms with Crippen LogP contribution in [0.1, 0.15) is 41.8 Å². The third kappa shape index (κ3) is 3.56. The Kier molecular flexibility index (Phi) is 4.95. The van der Waals surface area contributed by atoms with Gasteiger partial charge in [0.2, 0.25) is 0 Å². The summed E-state index contributed by atoms with van der Waals surface area (Å²) >= 11 is 0. The Balaban J connectivity index is 1.95. The first-order valence-electron chi connectivity index (χ1n) is 6.68. The van der Waals surface area contributed by atoms with Gasteiger partial charge in [-0.15, -0.1) is 0 Å². The normalized spacial score (nSPS) is 15.5. The highest BCUT2D eigenvalue weighted by atomic mass is 16.3. The molecule has 2 rings (SSSR count). The fraction of sp³-hybridized carbons (Fsp3) is 0.615. The van der Waals surface area contributed by atoms with Crippen molar-refractivity contribution in [1.29, 1.82) is 0 Å². The number of nitrogens with two attached hydrogens (primary N) is 1. The molecule has 0 bridgehead atoms. The minimum Gasteiger partial charge on any atom is -0.467 e. The third-order valence-electron chi connectivity index (χ3n) is 3.60. The first-order chi connectivity index (χ1) is 9.24. The summed E-state index contributed by atoms with van der Waals surface area (Å²) in [4.78, 5) is 13.7. The number of carbonyl (C=O) groups is 1. The van der Waals surface area contributed by atoms with E-state index in [0.717, 1.165) is 18.7 Å². The van der Waals surface area contributed by atoms with E-state index < -0.39 is 0 Å². The van der Waals surface area contributed by atoms with Crippen molar-refractivity contribution >= 4 is 5.91 Å². The maximum Gasteiger partial charge on any atom is 0.268 e. The topological polar surface area (TPSA) is 91.7 Å². The van der Waals surface area contributed by atoms with E-state index in [1.807, 2.05) is 0 Å². The van der Waals surface area contributed by atoms with Crippen LogP contribution >= 0.6 is 0 Å². The van der Waals surface area contributed by atoms with Crippen molar-refractivity contribution < 1.29 is 14.3 Å². The van der Waals surface area contributed by atoms with E-state index in [9.17, 15) is 4.79 Å². The van der Waals surface area contributed by atoms with E-state index in [1.165, 1.54) is 25.5 Å². The van der Waals surface area contributed by atoms with Gasteiger partial charge in [0.25, 0.3) is 5.91 Å². The first-order valence-corrected chi connectivity index (χ1v) is 6.68. The number of rotatable bonds is 7. The highest BCUT2D eigenvalue weighted by Gasteiger charge is 2.25. The zero-order chi connectivity index (χ0) is 13.7. The summed E-state index contributed by atoms with van der Waals surface area (Å²) in [7, 11) is 0. The largest absolute Gasteiger partial charge is 0.467 e. The first kappa shape index (κ1) is 14.0. The molecule has 0 aromatic carbocycles. The molecule has 0 saturated heterocycles. The molecule has 1 fully saturated rings. The molecule has 0 atom stereocenters. The van der Waals surface area contributed by atoms with Gasteiger partial charge in [0.1, 0.15) is 12.0 Å². The average Bonchev–Trinajstić information content (AvgIpc) is 2.81. The number of nitrogens with one attached hydrogen (secondary N) is 1. The van der Waals surface area contributed by atoms with Crippen LogP contribution in [0.15, 0.2) is 16.7 Å². The Hall–Kier alpha value is -1.37. The smallest absolute Gasteiger partial charge is 0.268 e. The second kappa shape index (κ2) is 6.70. The fourth-order valence-electron chi connectivity index (χ4n) is 2.28. The van der Waals surface area contributed by atoms with Crippen molar-refractivity contribution in [2.45, 2.75) is 38.3 Å². The van der Waals surface area contributed by atoms with E-state index in [-0.39, 0.29) is 12.5 Å². The number of hydrogen-bond donors (Lipinski definition) is 3. The van der Waals surface area contributed by atoms with E-state index in [4.69, 9.17) is 15.4 Å². The van der Waals surface area contributed by atoms with Gasteiger partial charge in [0.05, 0.1) is 12.1 Å². The van der Waals surface area contributed by atoms with Crippen LogP contribution in [-0.4, -0.2) is 35.1 Å². The fourth-order valence-corrected chi connectivity index (χ4v) is 2.28. The summed E-state index contributed by atoms with van der Waals surface area (Å²) < 4.78 is 5.40. The zero-order valence-corrected chi connectivity index (χ0v) is 11.0. The predicted octanol–water partition coefficient (Wildman–Crippen LogP) is 0.620. The minimum atomic E-state index is -0.347. The summed E-state index contributed by atoms with van der Waals surface area (Å²) in [5, 5.41) is 8.95. The van der Waals surface area contributed by atoms with E-state index >= 15 is 0 Å². The SMILES string of the molecule is NNC(=O)c1coc(CN(CCCO)C2CCC2)c1. The number of aliphatic hydroxyl groups is 1. The molecule has 1 aliphatic rings. The quantitative estimate of drug-likeness (QED) is 0.383. The standard InChI is InChI=1S/C13H21N3O3/c14-15-13(18)10-7-12(19-9-10)8-16(5-2-6-17)11-3-1-4-11/h7,9,11,17H,1-6,8,14H2,(H,15,18). The van der Waals surface area contributed by atoms with Crippen molar-refractivity contribution in [3.63, 3.8) is 0 Å². The molecule has 1 amide bonds. The molecule has 1 aromatic heterocycles. The molecule has 1 heterocycles. The summed E-state index contributed by atoms with van der Waals surface area (Å²) in [5.41, 5.74) is 2.52. The van der Waals surface area contributed by atoms with Crippen LogP contribution in [0, 0.1) is 0 Å². The molecule has 6 heteroatoms. The Labute approximate surface area is 112 Å². The molecule has 0 spiro atoms. The molecule has 1 aromatic rings. The lowest BCUT2D eigenvalue weighted by atomic mass is 9.91. The lowest BCUT2D eigenvalue weighted by Gasteiger charge is -2.37. The predicted molar refractivity (Wildman–Crippen MR) is 70.1 cm³/mol. The van der Waals surface area contributed by atoms with Gasteiger partial charge < -0.3 is 9.52 Å². The molecule has 6 nitrogen and oxygen atoms in total. The average molecular weight is 267 g/mol. The summed E-state index contributed by atoms with van der Waals surface area (Å²) in [6, 6.07) is 2.29. The van der Waals surface area contributed by atoms with Gasteiger partial charge in [-0.25, -0.2) is 5.84 Å². The van der Waals surface area contributed by atoms with Gasteiger partial charge in [-0.1, -0.05) is 6.42 Å². The number of nitrogen functional groups attached to an aromatic ring is 1. The van der Waals surface area contributed by atoms with Gasteiger partial charge in [-0.2, -0.15) is 0 Å². The maximum atomic E-state index is 11.3. The lowest BCUT2D eigenvalue weighted by molar-refractivity contribution is 0.0953. The summed E-state index contributed by atoms with van der Waals surface area (Å²) in [5.74, 6) is 5.49. The van der Waals surface area contributed by atoms with Crippen molar-refractivity contribution in [2.24, 2.45) is 5.84 Å². The lowest BCUT2D eigenvalue weighted by Crippen LogP contribution is -2.40. The van der Waals surface area contributed by atoms with Gasteiger partial charge in [0, 0.05) is 19.2 Å². The minimum absolute atomic E-state index is 0.197. The summed E-state index contributed by atoms with van der Waals surface area (Å²) in [6.07, 6.45) is 5.83. The number of furan rings is 1. The van der Waals surface area contributed by atoms with E-state index in [1.54, 1.807) is 6.07 Å². The molecule has 0 aliphatic heterocycles. The highest BCUT2D eigenvalue weighted by molar-refractivity contribution is 5.93. The molecule has 0 unspecified atom stereocenters. The second-order valence-electron chi connectivity index (χ2n) is 4.91. The van der Waals surface area contributed by atoms with Crippen LogP contribution in [0.3, 0.4) is 0 Å². The highest BCUT2D eigenvalue weighted by Crippen LogP contribution is 2.26.